The molecule has 0 amide bonds. The van der Waals surface area contributed by atoms with E-state index in [1.165, 1.54) is 0 Å². The van der Waals surface area contributed by atoms with Crippen molar-refractivity contribution in [2.24, 2.45) is 5.92 Å². The summed E-state index contributed by atoms with van der Waals surface area (Å²) in [5.41, 5.74) is 0. The molecule has 18 heavy (non-hydrogen) atoms. The Morgan fingerprint density at radius 3 is 2.94 bits per heavy atom. The van der Waals surface area contributed by atoms with Gasteiger partial charge in [0.15, 0.2) is 18.2 Å². The van der Waals surface area contributed by atoms with E-state index < -0.39 is 24.2 Å². The first-order valence-electron chi connectivity index (χ1n) is 6.16. The van der Waals surface area contributed by atoms with E-state index in [9.17, 15) is 18.7 Å². The van der Waals surface area contributed by atoms with Gasteiger partial charge in [-0.05, 0) is 13.0 Å². The van der Waals surface area contributed by atoms with E-state index in [-0.39, 0.29) is 25.5 Å². The highest BCUT2D eigenvalue weighted by molar-refractivity contribution is 5.86. The molecule has 0 aliphatic carbocycles. The first-order chi connectivity index (χ1) is 8.54. The molecule has 5 nitrogen and oxygen atoms in total. The predicted octanol–water partition coefficient (Wildman–Crippen LogP) is -0.205. The van der Waals surface area contributed by atoms with Crippen molar-refractivity contribution in [2.75, 3.05) is 19.6 Å². The van der Waals surface area contributed by atoms with Crippen molar-refractivity contribution < 1.29 is 23.4 Å². The van der Waals surface area contributed by atoms with Crippen molar-refractivity contribution in [3.63, 3.8) is 0 Å². The second kappa shape index (κ2) is 5.56. The molecule has 2 rings (SSSR count). The smallest absolute Gasteiger partial charge is 0.245 e. The van der Waals surface area contributed by atoms with Gasteiger partial charge in [0, 0.05) is 6.54 Å². The molecule has 2 unspecified atom stereocenters. The van der Waals surface area contributed by atoms with E-state index in [2.05, 4.69) is 5.32 Å². The number of ketones is 1. The summed E-state index contributed by atoms with van der Waals surface area (Å²) in [6, 6.07) is 0. The number of hydrogen-bond acceptors (Lipinski definition) is 5. The molecule has 7 heteroatoms. The second-order valence-corrected chi connectivity index (χ2v) is 4.74. The Balaban J connectivity index is 1.89. The number of nitrogens with one attached hydrogen (secondary N) is 1. The monoisotopic (exact) mass is 264 g/mol. The maximum Gasteiger partial charge on any atom is 0.245 e. The van der Waals surface area contributed by atoms with Gasteiger partial charge in [-0.3, -0.25) is 15.0 Å². The molecule has 0 spiro atoms. The van der Waals surface area contributed by atoms with Gasteiger partial charge in [-0.25, -0.2) is 8.78 Å². The summed E-state index contributed by atoms with van der Waals surface area (Å²) in [5.74, 6) is -1.88. The minimum atomic E-state index is -2.70. The van der Waals surface area contributed by atoms with E-state index >= 15 is 0 Å². The van der Waals surface area contributed by atoms with Crippen molar-refractivity contribution in [1.82, 2.24) is 10.2 Å². The third-order valence-electron chi connectivity index (χ3n) is 3.29. The quantitative estimate of drug-likeness (QED) is 0.673. The molecule has 2 N–H and O–H groups in total. The zero-order valence-corrected chi connectivity index (χ0v) is 10.2. The van der Waals surface area contributed by atoms with Crippen LogP contribution < -0.4 is 5.32 Å². The first-order valence-corrected chi connectivity index (χ1v) is 6.16. The molecule has 2 fully saturated rings. The Labute approximate surface area is 104 Å². The molecule has 2 aliphatic rings. The Bertz CT molecular complexity index is 317. The Hall–Kier alpha value is -0.630. The summed E-state index contributed by atoms with van der Waals surface area (Å²) >= 11 is 0. The van der Waals surface area contributed by atoms with Crippen molar-refractivity contribution in [1.29, 1.82) is 0 Å². The maximum atomic E-state index is 12.7. The van der Waals surface area contributed by atoms with Crippen LogP contribution in [0.4, 0.5) is 8.78 Å². The highest BCUT2D eigenvalue weighted by Crippen LogP contribution is 2.30. The van der Waals surface area contributed by atoms with Crippen LogP contribution in [0, 0.1) is 5.92 Å². The van der Waals surface area contributed by atoms with Crippen LogP contribution in [0.25, 0.3) is 0 Å². The number of piperidine rings is 1. The van der Waals surface area contributed by atoms with Crippen LogP contribution >= 0.6 is 0 Å². The molecular formula is C11H18F2N2O3. The molecule has 104 valence electrons. The number of likely N-dealkylation sites (tertiary alicyclic amines) is 1. The van der Waals surface area contributed by atoms with Crippen LogP contribution in [0.3, 0.4) is 0 Å². The molecule has 0 aromatic carbocycles. The lowest BCUT2D eigenvalue weighted by Crippen LogP contribution is -2.53. The van der Waals surface area contributed by atoms with Crippen LogP contribution in [0.1, 0.15) is 13.3 Å². The normalized spacial score (nSPS) is 37.3. The lowest BCUT2D eigenvalue weighted by atomic mass is 9.94. The molecular weight excluding hydrogens is 246 g/mol. The van der Waals surface area contributed by atoms with Crippen molar-refractivity contribution in [3.05, 3.63) is 0 Å². The Kier molecular flexibility index (Phi) is 4.26. The topological polar surface area (TPSA) is 65.1 Å². The average molecular weight is 264 g/mol. The van der Waals surface area contributed by atoms with Gasteiger partial charge >= 0.3 is 0 Å². The van der Waals surface area contributed by atoms with E-state index in [0.29, 0.717) is 0 Å². The number of aliphatic hydroxyl groups excluding tert-OH is 1. The summed E-state index contributed by atoms with van der Waals surface area (Å²) in [6.07, 6.45) is -3.82. The van der Waals surface area contributed by atoms with Crippen molar-refractivity contribution in [3.8, 4) is 0 Å². The number of carbonyl (C=O) groups is 1. The minimum absolute atomic E-state index is 0.0143. The van der Waals surface area contributed by atoms with E-state index in [1.54, 1.807) is 4.90 Å². The molecule has 0 saturated carbocycles. The van der Waals surface area contributed by atoms with Gasteiger partial charge < -0.3 is 9.84 Å². The number of ether oxygens (including phenoxy) is 1. The van der Waals surface area contributed by atoms with Crippen LogP contribution in [-0.4, -0.2) is 60.4 Å². The second-order valence-electron chi connectivity index (χ2n) is 4.74. The van der Waals surface area contributed by atoms with Gasteiger partial charge in [-0.15, -0.1) is 0 Å². The van der Waals surface area contributed by atoms with Gasteiger partial charge in [0.2, 0.25) is 6.43 Å². The summed E-state index contributed by atoms with van der Waals surface area (Å²) in [6.45, 7) is 2.75. The zero-order valence-electron chi connectivity index (χ0n) is 10.2. The number of hydrogen-bond donors (Lipinski definition) is 2. The maximum absolute atomic E-state index is 12.7. The number of carbonyl (C=O) groups excluding carboxylic acids is 1. The highest BCUT2D eigenvalue weighted by Gasteiger charge is 2.49. The van der Waals surface area contributed by atoms with Crippen LogP contribution in [0.2, 0.25) is 0 Å². The van der Waals surface area contributed by atoms with E-state index in [4.69, 9.17) is 4.74 Å². The zero-order chi connectivity index (χ0) is 13.3. The molecule has 0 aromatic heterocycles. The molecule has 2 aliphatic heterocycles. The predicted molar refractivity (Wildman–Crippen MR) is 59.0 cm³/mol. The lowest BCUT2D eigenvalue weighted by Gasteiger charge is -2.33. The number of Topliss-reactive ketones (excluding diaryl/α,β-unsaturated/α-hetero) is 1. The average Bonchev–Trinajstić information content (AvgIpc) is 3.09. The molecule has 4 atom stereocenters. The molecule has 0 bridgehead atoms. The largest absolute Gasteiger partial charge is 0.385 e. The number of alkyl halides is 2. The summed E-state index contributed by atoms with van der Waals surface area (Å²) in [5, 5.41) is 12.5. The number of rotatable bonds is 5. The van der Waals surface area contributed by atoms with Crippen molar-refractivity contribution in [2.45, 2.75) is 38.3 Å². The molecule has 2 heterocycles. The van der Waals surface area contributed by atoms with Crippen LogP contribution in [-0.2, 0) is 9.53 Å². The van der Waals surface area contributed by atoms with Gasteiger partial charge in [-0.2, -0.15) is 0 Å². The summed E-state index contributed by atoms with van der Waals surface area (Å²) in [7, 11) is 0. The Morgan fingerprint density at radius 1 is 1.61 bits per heavy atom. The number of epoxide rings is 1. The highest BCUT2D eigenvalue weighted by atomic mass is 19.3. The third-order valence-corrected chi connectivity index (χ3v) is 3.29. The fourth-order valence-corrected chi connectivity index (χ4v) is 2.20. The summed E-state index contributed by atoms with van der Waals surface area (Å²) < 4.78 is 30.7. The van der Waals surface area contributed by atoms with Crippen molar-refractivity contribution >= 4 is 5.78 Å². The third kappa shape index (κ3) is 2.85. The minimum Gasteiger partial charge on any atom is -0.385 e. The van der Waals surface area contributed by atoms with E-state index in [1.807, 2.05) is 6.92 Å². The molecule has 0 aromatic rings. The lowest BCUT2D eigenvalue weighted by molar-refractivity contribution is -0.144. The summed E-state index contributed by atoms with van der Waals surface area (Å²) in [4.78, 5) is 13.0. The van der Waals surface area contributed by atoms with Gasteiger partial charge in [0.1, 0.15) is 6.10 Å². The van der Waals surface area contributed by atoms with Crippen LogP contribution in [0.5, 0.6) is 0 Å². The van der Waals surface area contributed by atoms with Gasteiger partial charge in [-0.1, -0.05) is 6.92 Å². The molecule has 2 saturated heterocycles. The van der Waals surface area contributed by atoms with E-state index in [0.717, 1.165) is 13.0 Å². The fourth-order valence-electron chi connectivity index (χ4n) is 2.20. The first kappa shape index (κ1) is 13.8. The Morgan fingerprint density at radius 2 is 2.33 bits per heavy atom. The SMILES string of the molecule is CCCNC1OC1N1CC(=O)[C@H](O)[C@@H](C(F)F)C1. The molecule has 0 radical (unpaired) electrons. The number of halogens is 2. The van der Waals surface area contributed by atoms with Gasteiger partial charge in [0.05, 0.1) is 12.5 Å². The van der Waals surface area contributed by atoms with Crippen LogP contribution in [0.15, 0.2) is 0 Å². The fraction of sp³-hybridized carbons (Fsp3) is 0.909. The number of nitrogens with zero attached hydrogens (tertiary/aromatic N) is 1. The van der Waals surface area contributed by atoms with Gasteiger partial charge in [0.25, 0.3) is 0 Å². The number of aliphatic hydroxyl groups is 1. The standard InChI is InChI=1S/C11H18F2N2O3/c1-2-3-14-10-11(18-10)15-4-6(9(12)13)8(17)7(16)5-15/h6,8-11,14,17H,2-5H2,1H3/t6-,8+,10?,11?/m0/s1.